The summed E-state index contributed by atoms with van der Waals surface area (Å²) in [5.74, 6) is -7.66. The minimum atomic E-state index is -2.05. The Morgan fingerprint density at radius 3 is 2.19 bits per heavy atom. The highest BCUT2D eigenvalue weighted by atomic mass is 35.6. The molecule has 6 rings (SSSR count). The number of amides is 2. The van der Waals surface area contributed by atoms with Crippen LogP contribution in [0.1, 0.15) is 91.1 Å². The van der Waals surface area contributed by atoms with E-state index in [4.69, 9.17) is 68.5 Å². The zero-order valence-electron chi connectivity index (χ0n) is 40.0. The third-order valence-corrected chi connectivity index (χ3v) is 15.2. The Morgan fingerprint density at radius 2 is 1.59 bits per heavy atom. The fourth-order valence-electron chi connectivity index (χ4n) is 9.18. The van der Waals surface area contributed by atoms with E-state index in [1.54, 1.807) is 39.8 Å². The van der Waals surface area contributed by atoms with E-state index in [1.807, 2.05) is 0 Å². The normalized spacial score (nSPS) is 30.8. The number of hydrogen-bond acceptors (Lipinski definition) is 15. The summed E-state index contributed by atoms with van der Waals surface area (Å²) in [5.41, 5.74) is -2.42. The van der Waals surface area contributed by atoms with Crippen LogP contribution < -0.4 is 20.8 Å². The summed E-state index contributed by atoms with van der Waals surface area (Å²) in [6.07, 6.45) is 3.36. The minimum Gasteiger partial charge on any atom is -0.507 e. The molecule has 1 fully saturated rings. The number of ketones is 1. The van der Waals surface area contributed by atoms with Crippen LogP contribution in [0.15, 0.2) is 46.1 Å². The molecule has 1 spiro atoms. The first kappa shape index (κ1) is 52.7. The Hall–Kier alpha value is -4.65. The molecule has 0 aromatic heterocycles. The number of Topliss-reactive ketones (excluding diaryl/α,β-unsaturated/α-hetero) is 1. The molecule has 0 aliphatic carbocycles. The van der Waals surface area contributed by atoms with Gasteiger partial charge in [-0.1, -0.05) is 80.7 Å². The number of esters is 1. The van der Waals surface area contributed by atoms with Gasteiger partial charge in [0.2, 0.25) is 3.79 Å². The van der Waals surface area contributed by atoms with E-state index in [9.17, 15) is 39.6 Å². The van der Waals surface area contributed by atoms with Crippen LogP contribution in [0.25, 0.3) is 10.8 Å². The van der Waals surface area contributed by atoms with Crippen LogP contribution >= 0.6 is 34.8 Å². The predicted molar refractivity (Wildman–Crippen MR) is 254 cm³/mol. The van der Waals surface area contributed by atoms with Crippen molar-refractivity contribution >= 4 is 75.0 Å². The highest BCUT2D eigenvalue weighted by Crippen LogP contribution is 2.50. The number of alkyl halides is 3. The number of nitrogens with one attached hydrogen (secondary N) is 1. The summed E-state index contributed by atoms with van der Waals surface area (Å²) in [4.78, 5) is 66.2. The van der Waals surface area contributed by atoms with Crippen molar-refractivity contribution in [2.75, 3.05) is 32.1 Å². The number of piperidine rings is 1. The first-order valence-corrected chi connectivity index (χ1v) is 23.6. The largest absolute Gasteiger partial charge is 0.507 e. The van der Waals surface area contributed by atoms with E-state index >= 15 is 0 Å². The number of nitrogens with zero attached hydrogens (tertiary/aromatic N) is 3. The summed E-state index contributed by atoms with van der Waals surface area (Å²) < 4.78 is 27.7. The van der Waals surface area contributed by atoms with Crippen LogP contribution in [0.2, 0.25) is 0 Å². The number of fused-ring (bicyclic) bond motifs is 1. The molecule has 9 atom stereocenters. The molecule has 20 heteroatoms. The number of carbonyl (C=O) groups excluding carboxylic acids is 4. The maximum atomic E-state index is 14.9. The lowest BCUT2D eigenvalue weighted by molar-refractivity contribution is -0.160. The second-order valence-corrected chi connectivity index (χ2v) is 21.3. The lowest BCUT2D eigenvalue weighted by atomic mass is 9.78. The Morgan fingerprint density at radius 1 is 0.941 bits per heavy atom. The first-order valence-electron chi connectivity index (χ1n) is 22.4. The summed E-state index contributed by atoms with van der Waals surface area (Å²) in [6, 6.07) is 0. The molecule has 2 amide bonds. The number of ether oxygens (including phenoxy) is 5. The van der Waals surface area contributed by atoms with Gasteiger partial charge in [-0.2, -0.15) is 0 Å². The number of methoxy groups -OCH3 is 1. The third kappa shape index (κ3) is 9.88. The van der Waals surface area contributed by atoms with Crippen molar-refractivity contribution in [2.24, 2.45) is 33.7 Å². The van der Waals surface area contributed by atoms with Gasteiger partial charge in [-0.3, -0.25) is 24.4 Å². The van der Waals surface area contributed by atoms with Crippen molar-refractivity contribution in [2.45, 2.75) is 127 Å². The summed E-state index contributed by atoms with van der Waals surface area (Å²) in [7, 11) is 1.44. The molecule has 372 valence electrons. The smallest absolute Gasteiger partial charge is 0.410 e. The van der Waals surface area contributed by atoms with Gasteiger partial charge in [0, 0.05) is 74.2 Å². The second kappa shape index (κ2) is 19.6. The summed E-state index contributed by atoms with van der Waals surface area (Å²) in [6.45, 7) is 15.9. The van der Waals surface area contributed by atoms with Crippen molar-refractivity contribution < 1.29 is 63.3 Å². The van der Waals surface area contributed by atoms with Crippen molar-refractivity contribution in [3.05, 3.63) is 58.0 Å². The van der Waals surface area contributed by atoms with E-state index < -0.39 is 104 Å². The van der Waals surface area contributed by atoms with Gasteiger partial charge in [-0.05, 0) is 46.6 Å². The number of aromatic hydroxyl groups is 2. The maximum Gasteiger partial charge on any atom is 0.410 e. The first-order chi connectivity index (χ1) is 31.6. The fourth-order valence-corrected chi connectivity index (χ4v) is 9.30. The number of phenols is 2. The quantitative estimate of drug-likeness (QED) is 0.127. The van der Waals surface area contributed by atoms with Gasteiger partial charge in [0.05, 0.1) is 53.0 Å². The van der Waals surface area contributed by atoms with Gasteiger partial charge in [-0.15, -0.1) is 0 Å². The highest BCUT2D eigenvalue weighted by Gasteiger charge is 2.51. The Bertz CT molecular complexity index is 2590. The molecular formula is C48H61Cl3N4O13. The van der Waals surface area contributed by atoms with Crippen LogP contribution in [0.4, 0.5) is 10.5 Å². The number of allylic oxidation sites excluding steroid dienone is 2. The van der Waals surface area contributed by atoms with Crippen molar-refractivity contribution in [1.29, 1.82) is 0 Å². The Kier molecular flexibility index (Phi) is 15.2. The molecule has 2 aromatic carbocycles. The van der Waals surface area contributed by atoms with Gasteiger partial charge < -0.3 is 54.3 Å². The molecule has 1 saturated heterocycles. The van der Waals surface area contributed by atoms with Crippen LogP contribution in [-0.4, -0.2) is 121 Å². The molecular weight excluding hydrogens is 947 g/mol. The Labute approximate surface area is 409 Å². The minimum absolute atomic E-state index is 0.00409. The van der Waals surface area contributed by atoms with Crippen molar-refractivity contribution in [1.82, 2.24) is 4.90 Å². The van der Waals surface area contributed by atoms with Gasteiger partial charge in [-0.25, -0.2) is 4.79 Å². The van der Waals surface area contributed by atoms with Crippen LogP contribution in [0.5, 0.6) is 17.2 Å². The van der Waals surface area contributed by atoms with Crippen LogP contribution in [0.3, 0.4) is 0 Å². The van der Waals surface area contributed by atoms with Gasteiger partial charge in [0.1, 0.15) is 28.6 Å². The number of carbonyl (C=O) groups is 4. The van der Waals surface area contributed by atoms with E-state index in [0.717, 1.165) is 0 Å². The molecule has 4 bridgehead atoms. The zero-order valence-corrected chi connectivity index (χ0v) is 42.2. The molecule has 5 N–H and O–H groups in total. The summed E-state index contributed by atoms with van der Waals surface area (Å²) in [5, 5.41) is 49.8. The van der Waals surface area contributed by atoms with E-state index in [0.29, 0.717) is 0 Å². The molecule has 4 heterocycles. The van der Waals surface area contributed by atoms with Gasteiger partial charge >= 0.3 is 17.8 Å². The topological polar surface area (TPSA) is 235 Å². The van der Waals surface area contributed by atoms with Crippen molar-refractivity contribution in [3.8, 4) is 17.2 Å². The molecule has 2 aromatic rings. The molecule has 17 nitrogen and oxygen atoms in total. The van der Waals surface area contributed by atoms with Crippen molar-refractivity contribution in [3.63, 3.8) is 0 Å². The molecule has 0 saturated carbocycles. The number of rotatable bonds is 3. The number of benzene rings is 2. The van der Waals surface area contributed by atoms with E-state index in [-0.39, 0.29) is 82.1 Å². The SMILES string of the molecule is CO[C@H]1/C=C/O[C@@]2(C)Oc3c(C)c(O)c4c(O)c(c5c(c4c3C2=O)=NC2(CCN(C(=O)OC(C)(C)C(Cl)(Cl)Cl)CC2)CN=5)NC(=O)/C(C)=C\C=C\[C@H](C)[C@H](O)[C@@H](C)[C@@H](O)[C@@H](C)[C@H](OC(C)=O)C1C. The zero-order chi connectivity index (χ0) is 50.6. The van der Waals surface area contributed by atoms with E-state index in [1.165, 1.54) is 72.0 Å². The maximum absolute atomic E-state index is 14.9. The monoisotopic (exact) mass is 1010 g/mol. The fraction of sp³-hybridized carbons (Fsp3) is 0.583. The lowest BCUT2D eigenvalue weighted by Gasteiger charge is -2.40. The number of anilines is 1. The van der Waals surface area contributed by atoms with Gasteiger partial charge in [0.25, 0.3) is 11.7 Å². The molecule has 1 unspecified atom stereocenters. The second-order valence-electron chi connectivity index (χ2n) is 19.1. The number of hydrogen-bond donors (Lipinski definition) is 5. The van der Waals surface area contributed by atoms with Crippen LogP contribution in [-0.2, 0) is 28.5 Å². The standard InChI is InChI=1S/C48H61Cl3N4O13/c1-22-13-12-14-23(2)43(62)53-35-34-33(54-47(21-52-34)16-18-55(19-17-47)44(63)68-45(8,9)48(49,50)51)30-31(39(35)60)38(59)27(6)41-32(30)42(61)46(10,67-41)65-20-15-29(64-11)24(3)40(66-28(7)56)26(5)37(58)25(4)36(22)57/h12-15,20,22,24-26,29,36-37,40,57-60H,16-19,21H2,1-11H3,(H,53,62)/b13-12+,20-15+,23-14-/t22-,24?,25+,26+,29-,36-,37+,40+,46-/m0/s1. The average Bonchev–Trinajstić information content (AvgIpc) is 3.54. The molecule has 68 heavy (non-hydrogen) atoms. The Balaban J connectivity index is 1.52. The van der Waals surface area contributed by atoms with Crippen LogP contribution in [0, 0.1) is 30.6 Å². The average molecular weight is 1010 g/mol. The third-order valence-electron chi connectivity index (χ3n) is 13.8. The van der Waals surface area contributed by atoms with E-state index in [2.05, 4.69) is 5.32 Å². The number of phenolic OH excluding ortho intramolecular Hbond substituents is 2. The predicted octanol–water partition coefficient (Wildman–Crippen LogP) is 6.42. The molecule has 0 radical (unpaired) electrons. The number of likely N-dealkylation sites (tertiary alicyclic amines) is 1. The highest BCUT2D eigenvalue weighted by molar-refractivity contribution is 6.68. The number of halogens is 3. The molecule has 4 aliphatic heterocycles. The lowest BCUT2D eigenvalue weighted by Crippen LogP contribution is -2.53. The molecule has 4 aliphatic rings. The summed E-state index contributed by atoms with van der Waals surface area (Å²) >= 11 is 18.3. The van der Waals surface area contributed by atoms with Gasteiger partial charge in [0.15, 0.2) is 11.4 Å². The number of aliphatic hydroxyl groups excluding tert-OH is 2. The number of aliphatic hydroxyl groups is 2.